The third-order valence-electron chi connectivity index (χ3n) is 3.26. The van der Waals surface area contributed by atoms with Gasteiger partial charge in [-0.25, -0.2) is 9.97 Å². The molecule has 0 spiro atoms. The first-order valence-electron chi connectivity index (χ1n) is 5.96. The molecule has 2 aromatic rings. The second kappa shape index (κ2) is 4.58. The number of nitrogens with zero attached hydrogens (tertiary/aromatic N) is 4. The molecule has 1 fully saturated rings. The highest BCUT2D eigenvalue weighted by atomic mass is 32.1. The van der Waals surface area contributed by atoms with Gasteiger partial charge in [0.05, 0.1) is 5.39 Å². The third-order valence-corrected chi connectivity index (χ3v) is 4.08. The van der Waals surface area contributed by atoms with Crippen LogP contribution in [0.1, 0.15) is 6.42 Å². The quantitative estimate of drug-likeness (QED) is 0.771. The topological polar surface area (TPSA) is 32.3 Å². The van der Waals surface area contributed by atoms with E-state index in [1.807, 2.05) is 0 Å². The first-order valence-corrected chi connectivity index (χ1v) is 6.84. The summed E-state index contributed by atoms with van der Waals surface area (Å²) in [7, 11) is 2.18. The van der Waals surface area contributed by atoms with Crippen molar-refractivity contribution in [3.8, 4) is 0 Å². The molecule has 0 atom stereocenters. The molecule has 3 heterocycles. The summed E-state index contributed by atoms with van der Waals surface area (Å²) in [4.78, 5) is 14.6. The summed E-state index contributed by atoms with van der Waals surface area (Å²) in [6.07, 6.45) is 2.88. The Labute approximate surface area is 105 Å². The Balaban J connectivity index is 1.94. The number of fused-ring (bicyclic) bond motifs is 1. The van der Waals surface area contributed by atoms with Crippen molar-refractivity contribution in [1.29, 1.82) is 0 Å². The van der Waals surface area contributed by atoms with E-state index in [0.717, 1.165) is 30.3 Å². The Hall–Kier alpha value is -1.20. The van der Waals surface area contributed by atoms with Crippen LogP contribution in [0.25, 0.3) is 10.2 Å². The van der Waals surface area contributed by atoms with Crippen LogP contribution in [0.15, 0.2) is 17.8 Å². The summed E-state index contributed by atoms with van der Waals surface area (Å²) in [6.45, 7) is 4.43. The van der Waals surface area contributed by atoms with Gasteiger partial charge in [-0.3, -0.25) is 0 Å². The van der Waals surface area contributed by atoms with E-state index in [0.29, 0.717) is 0 Å². The number of likely N-dealkylation sites (N-methyl/N-ethyl adjacent to an activating group) is 1. The summed E-state index contributed by atoms with van der Waals surface area (Å²) in [5.74, 6) is 1.10. The van der Waals surface area contributed by atoms with Crippen molar-refractivity contribution in [2.75, 3.05) is 38.1 Å². The molecule has 4 nitrogen and oxygen atoms in total. The van der Waals surface area contributed by atoms with Gasteiger partial charge >= 0.3 is 0 Å². The first-order chi connectivity index (χ1) is 8.34. The average Bonchev–Trinajstić information content (AvgIpc) is 2.72. The molecule has 0 aromatic carbocycles. The minimum absolute atomic E-state index is 1.05. The van der Waals surface area contributed by atoms with E-state index in [2.05, 4.69) is 38.3 Å². The van der Waals surface area contributed by atoms with Gasteiger partial charge in [0.2, 0.25) is 0 Å². The molecule has 0 amide bonds. The molecule has 0 bridgehead atoms. The lowest BCUT2D eigenvalue weighted by Gasteiger charge is -2.21. The van der Waals surface area contributed by atoms with Gasteiger partial charge in [0, 0.05) is 19.6 Å². The molecular formula is C12H16N4S. The molecular weight excluding hydrogens is 232 g/mol. The van der Waals surface area contributed by atoms with Crippen molar-refractivity contribution in [3.05, 3.63) is 17.8 Å². The molecule has 0 radical (unpaired) electrons. The minimum Gasteiger partial charge on any atom is -0.355 e. The molecule has 0 saturated carbocycles. The van der Waals surface area contributed by atoms with Gasteiger partial charge < -0.3 is 9.80 Å². The van der Waals surface area contributed by atoms with Gasteiger partial charge in [0.25, 0.3) is 0 Å². The van der Waals surface area contributed by atoms with Crippen LogP contribution < -0.4 is 4.90 Å². The number of anilines is 1. The summed E-state index contributed by atoms with van der Waals surface area (Å²) in [6, 6.07) is 2.13. The lowest BCUT2D eigenvalue weighted by Crippen LogP contribution is -2.29. The number of aromatic nitrogens is 2. The first kappa shape index (κ1) is 10.9. The van der Waals surface area contributed by atoms with Crippen LogP contribution in [0.2, 0.25) is 0 Å². The van der Waals surface area contributed by atoms with Crippen LogP contribution >= 0.6 is 11.3 Å². The molecule has 2 aromatic heterocycles. The normalized spacial score (nSPS) is 18.5. The number of rotatable bonds is 1. The maximum atomic E-state index is 4.47. The van der Waals surface area contributed by atoms with Gasteiger partial charge in [-0.15, -0.1) is 11.3 Å². The zero-order valence-corrected chi connectivity index (χ0v) is 10.8. The van der Waals surface area contributed by atoms with Crippen molar-refractivity contribution in [2.24, 2.45) is 0 Å². The largest absolute Gasteiger partial charge is 0.355 e. The molecule has 0 unspecified atom stereocenters. The molecule has 17 heavy (non-hydrogen) atoms. The molecule has 1 aliphatic heterocycles. The van der Waals surface area contributed by atoms with Gasteiger partial charge in [-0.05, 0) is 31.5 Å². The van der Waals surface area contributed by atoms with Crippen LogP contribution in [0, 0.1) is 0 Å². The second-order valence-electron chi connectivity index (χ2n) is 4.48. The van der Waals surface area contributed by atoms with Crippen molar-refractivity contribution in [2.45, 2.75) is 6.42 Å². The van der Waals surface area contributed by atoms with Gasteiger partial charge in [-0.2, -0.15) is 0 Å². The molecule has 0 N–H and O–H groups in total. The van der Waals surface area contributed by atoms with Crippen LogP contribution in [-0.2, 0) is 0 Å². The maximum absolute atomic E-state index is 4.47. The average molecular weight is 248 g/mol. The van der Waals surface area contributed by atoms with Gasteiger partial charge in [-0.1, -0.05) is 0 Å². The lowest BCUT2D eigenvalue weighted by molar-refractivity contribution is 0.360. The molecule has 5 heteroatoms. The standard InChI is InChI=1S/C12H16N4S/c1-15-4-2-5-16(7-6-15)11-10-3-8-17-12(10)14-9-13-11/h3,8-9H,2,4-7H2,1H3. The summed E-state index contributed by atoms with van der Waals surface area (Å²) in [5.41, 5.74) is 0. The number of thiophene rings is 1. The Morgan fingerprint density at radius 2 is 2.12 bits per heavy atom. The maximum Gasteiger partial charge on any atom is 0.140 e. The van der Waals surface area contributed by atoms with Gasteiger partial charge in [0.15, 0.2) is 0 Å². The van der Waals surface area contributed by atoms with Crippen LogP contribution in [0.5, 0.6) is 0 Å². The fourth-order valence-corrected chi connectivity index (χ4v) is 3.01. The number of hydrogen-bond acceptors (Lipinski definition) is 5. The predicted octanol–water partition coefficient (Wildman–Crippen LogP) is 1.83. The molecule has 1 saturated heterocycles. The van der Waals surface area contributed by atoms with E-state index in [9.17, 15) is 0 Å². The van der Waals surface area contributed by atoms with Crippen LogP contribution in [-0.4, -0.2) is 48.1 Å². The smallest absolute Gasteiger partial charge is 0.140 e. The molecule has 3 rings (SSSR count). The Morgan fingerprint density at radius 1 is 1.18 bits per heavy atom. The minimum atomic E-state index is 1.05. The van der Waals surface area contributed by atoms with Crippen molar-refractivity contribution >= 4 is 27.4 Å². The highest BCUT2D eigenvalue weighted by Crippen LogP contribution is 2.27. The molecule has 0 aliphatic carbocycles. The summed E-state index contributed by atoms with van der Waals surface area (Å²) >= 11 is 1.68. The van der Waals surface area contributed by atoms with E-state index < -0.39 is 0 Å². The van der Waals surface area contributed by atoms with E-state index in [1.54, 1.807) is 17.7 Å². The number of hydrogen-bond donors (Lipinski definition) is 0. The van der Waals surface area contributed by atoms with Crippen molar-refractivity contribution in [3.63, 3.8) is 0 Å². The van der Waals surface area contributed by atoms with Crippen molar-refractivity contribution in [1.82, 2.24) is 14.9 Å². The Morgan fingerprint density at radius 3 is 3.06 bits per heavy atom. The predicted molar refractivity (Wildman–Crippen MR) is 71.7 cm³/mol. The fourth-order valence-electron chi connectivity index (χ4n) is 2.29. The summed E-state index contributed by atoms with van der Waals surface area (Å²) in [5, 5.41) is 3.29. The van der Waals surface area contributed by atoms with E-state index in [-0.39, 0.29) is 0 Å². The Kier molecular flexibility index (Phi) is 2.94. The SMILES string of the molecule is CN1CCCN(c2ncnc3sccc23)CC1. The fraction of sp³-hybridized carbons (Fsp3) is 0.500. The third kappa shape index (κ3) is 2.12. The zero-order chi connectivity index (χ0) is 11.7. The van der Waals surface area contributed by atoms with E-state index in [4.69, 9.17) is 0 Å². The van der Waals surface area contributed by atoms with Crippen LogP contribution in [0.4, 0.5) is 5.82 Å². The Bertz CT molecular complexity index is 510. The molecule has 90 valence electrons. The van der Waals surface area contributed by atoms with Crippen molar-refractivity contribution < 1.29 is 0 Å². The highest BCUT2D eigenvalue weighted by Gasteiger charge is 2.16. The van der Waals surface area contributed by atoms with Gasteiger partial charge in [0.1, 0.15) is 17.0 Å². The second-order valence-corrected chi connectivity index (χ2v) is 5.38. The van der Waals surface area contributed by atoms with E-state index >= 15 is 0 Å². The summed E-state index contributed by atoms with van der Waals surface area (Å²) < 4.78 is 0. The van der Waals surface area contributed by atoms with E-state index in [1.165, 1.54) is 18.4 Å². The monoisotopic (exact) mass is 248 g/mol. The molecule has 1 aliphatic rings. The highest BCUT2D eigenvalue weighted by molar-refractivity contribution is 7.16. The zero-order valence-electron chi connectivity index (χ0n) is 9.96. The van der Waals surface area contributed by atoms with Crippen LogP contribution in [0.3, 0.4) is 0 Å². The lowest BCUT2D eigenvalue weighted by atomic mass is 10.3.